The van der Waals surface area contributed by atoms with Crippen molar-refractivity contribution in [3.8, 4) is 0 Å². The molecule has 21 heavy (non-hydrogen) atoms. The van der Waals surface area contributed by atoms with Gasteiger partial charge in [0.25, 0.3) is 0 Å². The third-order valence-electron chi connectivity index (χ3n) is 3.40. The largest absolute Gasteiger partial charge is 0.456 e. The van der Waals surface area contributed by atoms with E-state index in [2.05, 4.69) is 19.2 Å². The van der Waals surface area contributed by atoms with Crippen molar-refractivity contribution in [3.63, 3.8) is 0 Å². The minimum atomic E-state index is -0.310. The van der Waals surface area contributed by atoms with Crippen molar-refractivity contribution < 1.29 is 13.5 Å². The zero-order valence-corrected chi connectivity index (χ0v) is 12.8. The summed E-state index contributed by atoms with van der Waals surface area (Å²) in [6, 6.07) is 6.99. The first-order chi connectivity index (χ1) is 10.3. The molecule has 0 saturated carbocycles. The van der Waals surface area contributed by atoms with E-state index in [1.54, 1.807) is 6.07 Å². The van der Waals surface area contributed by atoms with Crippen molar-refractivity contribution >= 4 is 11.0 Å². The van der Waals surface area contributed by atoms with Gasteiger partial charge in [0, 0.05) is 18.6 Å². The molecule has 0 bridgehead atoms. The Morgan fingerprint density at radius 3 is 2.81 bits per heavy atom. The Hall–Kier alpha value is -1.39. The second kappa shape index (κ2) is 8.15. The van der Waals surface area contributed by atoms with E-state index >= 15 is 0 Å². The Morgan fingerprint density at radius 1 is 1.24 bits per heavy atom. The molecule has 0 radical (unpaired) electrons. The summed E-state index contributed by atoms with van der Waals surface area (Å²) in [6.07, 6.45) is 2.88. The van der Waals surface area contributed by atoms with Crippen molar-refractivity contribution in [2.24, 2.45) is 0 Å². The summed E-state index contributed by atoms with van der Waals surface area (Å²) in [5.41, 5.74) is 0.338. The number of nitrogens with one attached hydrogen (secondary N) is 1. The summed E-state index contributed by atoms with van der Waals surface area (Å²) in [4.78, 5) is 0. The topological polar surface area (TPSA) is 34.4 Å². The molecule has 0 aliphatic rings. The maximum absolute atomic E-state index is 13.7. The first-order valence-electron chi connectivity index (χ1n) is 7.75. The minimum Gasteiger partial charge on any atom is -0.456 e. The lowest BCUT2D eigenvalue weighted by molar-refractivity contribution is 0.122. The molecule has 116 valence electrons. The molecule has 0 aliphatic carbocycles. The molecule has 1 unspecified atom stereocenters. The third-order valence-corrected chi connectivity index (χ3v) is 3.40. The van der Waals surface area contributed by atoms with Crippen molar-refractivity contribution in [2.45, 2.75) is 39.2 Å². The zero-order chi connectivity index (χ0) is 15.1. The lowest BCUT2D eigenvalue weighted by atomic mass is 10.1. The van der Waals surface area contributed by atoms with Crippen LogP contribution in [0.2, 0.25) is 0 Å². The van der Waals surface area contributed by atoms with Crippen LogP contribution in [0.5, 0.6) is 0 Å². The van der Waals surface area contributed by atoms with E-state index in [-0.39, 0.29) is 11.9 Å². The molecule has 0 aliphatic heterocycles. The predicted octanol–water partition coefficient (Wildman–Crippen LogP) is 4.43. The Balaban J connectivity index is 2.11. The van der Waals surface area contributed by atoms with Gasteiger partial charge in [-0.05, 0) is 37.9 Å². The Morgan fingerprint density at radius 2 is 2.10 bits per heavy atom. The Bertz CT molecular complexity index is 553. The van der Waals surface area contributed by atoms with Crippen molar-refractivity contribution in [3.05, 3.63) is 35.8 Å². The number of rotatable bonds is 9. The Kier molecular flexibility index (Phi) is 6.21. The number of benzene rings is 1. The van der Waals surface area contributed by atoms with Crippen LogP contribution in [0.4, 0.5) is 4.39 Å². The number of hydrogen-bond acceptors (Lipinski definition) is 3. The first-order valence-corrected chi connectivity index (χ1v) is 7.75. The van der Waals surface area contributed by atoms with Gasteiger partial charge in [0.05, 0.1) is 6.04 Å². The fraction of sp³-hybridized carbons (Fsp3) is 0.529. The fourth-order valence-corrected chi connectivity index (χ4v) is 2.33. The van der Waals surface area contributed by atoms with E-state index in [0.717, 1.165) is 43.6 Å². The van der Waals surface area contributed by atoms with Crippen molar-refractivity contribution in [1.82, 2.24) is 5.32 Å². The van der Waals surface area contributed by atoms with Gasteiger partial charge in [-0.25, -0.2) is 4.39 Å². The zero-order valence-electron chi connectivity index (χ0n) is 12.8. The van der Waals surface area contributed by atoms with E-state index < -0.39 is 0 Å². The number of fused-ring (bicyclic) bond motifs is 1. The molecule has 4 heteroatoms. The molecule has 2 rings (SSSR count). The molecule has 0 saturated heterocycles. The molecule has 1 aromatic heterocycles. The highest BCUT2D eigenvalue weighted by Crippen LogP contribution is 2.27. The number of para-hydroxylation sites is 1. The van der Waals surface area contributed by atoms with Gasteiger partial charge in [-0.1, -0.05) is 26.0 Å². The smallest absolute Gasteiger partial charge is 0.169 e. The number of furan rings is 1. The maximum atomic E-state index is 13.7. The van der Waals surface area contributed by atoms with E-state index in [9.17, 15) is 4.39 Å². The Labute approximate surface area is 125 Å². The molecular formula is C17H24FNO2. The summed E-state index contributed by atoms with van der Waals surface area (Å²) < 4.78 is 25.0. The van der Waals surface area contributed by atoms with Crippen LogP contribution in [-0.2, 0) is 4.74 Å². The van der Waals surface area contributed by atoms with Gasteiger partial charge in [0.15, 0.2) is 11.4 Å². The van der Waals surface area contributed by atoms with Gasteiger partial charge < -0.3 is 14.5 Å². The highest BCUT2D eigenvalue weighted by molar-refractivity contribution is 5.78. The monoisotopic (exact) mass is 293 g/mol. The molecule has 0 spiro atoms. The van der Waals surface area contributed by atoms with Crippen LogP contribution < -0.4 is 5.32 Å². The van der Waals surface area contributed by atoms with Gasteiger partial charge >= 0.3 is 0 Å². The average molecular weight is 293 g/mol. The van der Waals surface area contributed by atoms with Crippen molar-refractivity contribution in [2.75, 3.05) is 19.8 Å². The molecule has 1 aromatic carbocycles. The van der Waals surface area contributed by atoms with Crippen LogP contribution >= 0.6 is 0 Å². The van der Waals surface area contributed by atoms with Crippen LogP contribution in [0.15, 0.2) is 28.7 Å². The van der Waals surface area contributed by atoms with Crippen LogP contribution in [-0.4, -0.2) is 19.8 Å². The SMILES string of the molecule is CCCNC(CCOCCC)c1cc2cccc(F)c2o1. The molecule has 2 aromatic rings. The highest BCUT2D eigenvalue weighted by atomic mass is 19.1. The summed E-state index contributed by atoms with van der Waals surface area (Å²) >= 11 is 0. The summed E-state index contributed by atoms with van der Waals surface area (Å²) in [5, 5.41) is 4.25. The van der Waals surface area contributed by atoms with Crippen LogP contribution in [0, 0.1) is 5.82 Å². The van der Waals surface area contributed by atoms with Gasteiger partial charge in [0.2, 0.25) is 0 Å². The molecular weight excluding hydrogens is 269 g/mol. The predicted molar refractivity (Wildman–Crippen MR) is 82.9 cm³/mol. The summed E-state index contributed by atoms with van der Waals surface area (Å²) in [6.45, 7) is 6.56. The van der Waals surface area contributed by atoms with Crippen LogP contribution in [0.1, 0.15) is 44.9 Å². The van der Waals surface area contributed by atoms with E-state index in [4.69, 9.17) is 9.15 Å². The minimum absolute atomic E-state index is 0.0635. The molecule has 1 N–H and O–H groups in total. The number of ether oxygens (including phenoxy) is 1. The lowest BCUT2D eigenvalue weighted by Gasteiger charge is -2.16. The molecule has 1 atom stereocenters. The van der Waals surface area contributed by atoms with Gasteiger partial charge in [-0.2, -0.15) is 0 Å². The van der Waals surface area contributed by atoms with E-state index in [0.29, 0.717) is 12.2 Å². The van der Waals surface area contributed by atoms with Gasteiger partial charge in [0.1, 0.15) is 5.76 Å². The van der Waals surface area contributed by atoms with Gasteiger partial charge in [-0.15, -0.1) is 0 Å². The standard InChI is InChI=1S/C17H24FNO2/c1-3-9-19-15(8-11-20-10-4-2)16-12-13-6-5-7-14(18)17(13)21-16/h5-7,12,15,19H,3-4,8-11H2,1-2H3. The second-order valence-electron chi connectivity index (χ2n) is 5.21. The molecule has 1 heterocycles. The lowest BCUT2D eigenvalue weighted by Crippen LogP contribution is -2.23. The quantitative estimate of drug-likeness (QED) is 0.695. The van der Waals surface area contributed by atoms with Crippen molar-refractivity contribution in [1.29, 1.82) is 0 Å². The average Bonchev–Trinajstić information content (AvgIpc) is 2.92. The van der Waals surface area contributed by atoms with Crippen LogP contribution in [0.3, 0.4) is 0 Å². The van der Waals surface area contributed by atoms with E-state index in [1.807, 2.05) is 12.1 Å². The van der Waals surface area contributed by atoms with E-state index in [1.165, 1.54) is 6.07 Å². The first kappa shape index (κ1) is 16.0. The third kappa shape index (κ3) is 4.29. The molecule has 0 amide bonds. The number of halogens is 1. The summed E-state index contributed by atoms with van der Waals surface area (Å²) in [7, 11) is 0. The second-order valence-corrected chi connectivity index (χ2v) is 5.21. The maximum Gasteiger partial charge on any atom is 0.169 e. The fourth-order valence-electron chi connectivity index (χ4n) is 2.33. The molecule has 3 nitrogen and oxygen atoms in total. The normalized spacial score (nSPS) is 12.9. The number of hydrogen-bond donors (Lipinski definition) is 1. The highest BCUT2D eigenvalue weighted by Gasteiger charge is 2.17. The van der Waals surface area contributed by atoms with Gasteiger partial charge in [-0.3, -0.25) is 0 Å². The molecule has 0 fully saturated rings. The summed E-state index contributed by atoms with van der Waals surface area (Å²) in [5.74, 6) is 0.471. The van der Waals surface area contributed by atoms with Crippen LogP contribution in [0.25, 0.3) is 11.0 Å².